The molecule has 3 N–H and O–H groups in total. The van der Waals surface area contributed by atoms with Crippen molar-refractivity contribution in [2.75, 3.05) is 31.1 Å². The maximum absolute atomic E-state index is 13.6. The van der Waals surface area contributed by atoms with Gasteiger partial charge < -0.3 is 20.2 Å². The Bertz CT molecular complexity index is 1430. The van der Waals surface area contributed by atoms with E-state index in [1.807, 2.05) is 25.1 Å². The lowest BCUT2D eigenvalue weighted by molar-refractivity contribution is 0.0761. The van der Waals surface area contributed by atoms with Gasteiger partial charge in [-0.2, -0.15) is 5.10 Å². The molecule has 1 amide bonds. The number of thiazole rings is 1. The summed E-state index contributed by atoms with van der Waals surface area (Å²) >= 11 is 1.51. The molecule has 0 bridgehead atoms. The van der Waals surface area contributed by atoms with Crippen LogP contribution in [0.1, 0.15) is 36.3 Å². The molecule has 3 atom stereocenters. The van der Waals surface area contributed by atoms with Crippen LogP contribution in [0, 0.1) is 6.92 Å². The number of aliphatic hydroxyl groups excluding tert-OH is 1. The number of benzene rings is 2. The number of aryl methyl sites for hydroxylation is 1. The van der Waals surface area contributed by atoms with Crippen LogP contribution in [0.15, 0.2) is 42.5 Å². The predicted molar refractivity (Wildman–Crippen MR) is 148 cm³/mol. The number of β-amino-alcohol motifs (C(OH)–C–C–N with tert-alkyl or cyclic N) is 1. The molecule has 0 spiro atoms. The van der Waals surface area contributed by atoms with Crippen LogP contribution < -0.4 is 10.2 Å². The lowest BCUT2D eigenvalue weighted by Gasteiger charge is -2.37. The second kappa shape index (κ2) is 9.55. The Balaban J connectivity index is 1.39. The number of piperazine rings is 1. The number of likely N-dealkylation sites (tertiary alicyclic amines) is 1. The second-order valence-corrected chi connectivity index (χ2v) is 11.4. The Kier molecular flexibility index (Phi) is 6.22. The van der Waals surface area contributed by atoms with Crippen molar-refractivity contribution in [1.29, 1.82) is 0 Å². The molecule has 8 nitrogen and oxygen atoms in total. The van der Waals surface area contributed by atoms with Gasteiger partial charge in [0.2, 0.25) is 0 Å². The van der Waals surface area contributed by atoms with Crippen molar-refractivity contribution < 1.29 is 9.90 Å². The zero-order chi connectivity index (χ0) is 25.7. The Morgan fingerprint density at radius 1 is 1.08 bits per heavy atom. The molecule has 37 heavy (non-hydrogen) atoms. The van der Waals surface area contributed by atoms with E-state index in [0.717, 1.165) is 50.7 Å². The van der Waals surface area contributed by atoms with Crippen LogP contribution in [0.3, 0.4) is 0 Å². The van der Waals surface area contributed by atoms with Gasteiger partial charge in [-0.15, -0.1) is 11.3 Å². The molecule has 192 valence electrons. The van der Waals surface area contributed by atoms with Gasteiger partial charge in [-0.1, -0.05) is 30.3 Å². The van der Waals surface area contributed by atoms with E-state index in [-0.39, 0.29) is 5.91 Å². The van der Waals surface area contributed by atoms with E-state index in [1.54, 1.807) is 4.90 Å². The number of aromatic amines is 1. The van der Waals surface area contributed by atoms with Gasteiger partial charge in [0.15, 0.2) is 0 Å². The van der Waals surface area contributed by atoms with Gasteiger partial charge in [0.1, 0.15) is 16.4 Å². The molecule has 2 aromatic heterocycles. The standard InChI is InChI=1S/C28H32N6O2S/c1-16-5-4-6-22-23(16)31-32-24(22)27-30-25(28(36)33-12-11-21(35)15-33)26(37-27)19-7-9-20(10-8-19)34-13-17(2)29-18(3)14-34/h4-10,17-18,21,29,35H,11-15H2,1-3H3,(H,31,32)/t17?,18?,21-/m0/s1. The SMILES string of the molecule is Cc1cccc2c(-c3nc(C(=O)N4CC[C@H](O)C4)c(-c4ccc(N5CC(C)NC(C)C5)cc4)s3)[nH]nc12. The molecule has 2 fully saturated rings. The quantitative estimate of drug-likeness (QED) is 0.379. The van der Waals surface area contributed by atoms with E-state index in [1.165, 1.54) is 17.0 Å². The first kappa shape index (κ1) is 24.1. The summed E-state index contributed by atoms with van der Waals surface area (Å²) in [6.45, 7) is 9.26. The first-order valence-corrected chi connectivity index (χ1v) is 13.7. The number of para-hydroxylation sites is 1. The number of aromatic nitrogens is 3. The number of aliphatic hydroxyl groups is 1. The highest BCUT2D eigenvalue weighted by Gasteiger charge is 2.30. The third-order valence-electron chi connectivity index (χ3n) is 7.33. The summed E-state index contributed by atoms with van der Waals surface area (Å²) < 4.78 is 0. The van der Waals surface area contributed by atoms with Crippen molar-refractivity contribution in [3.8, 4) is 21.1 Å². The molecule has 2 aromatic carbocycles. The minimum absolute atomic E-state index is 0.136. The van der Waals surface area contributed by atoms with E-state index >= 15 is 0 Å². The molecule has 2 unspecified atom stereocenters. The third kappa shape index (κ3) is 4.52. The van der Waals surface area contributed by atoms with Crippen molar-refractivity contribution in [1.82, 2.24) is 25.4 Å². The average Bonchev–Trinajstić information content (AvgIpc) is 3.61. The third-order valence-corrected chi connectivity index (χ3v) is 8.45. The zero-order valence-corrected chi connectivity index (χ0v) is 22.2. The Hall–Kier alpha value is -3.27. The van der Waals surface area contributed by atoms with E-state index in [2.05, 4.69) is 58.5 Å². The fourth-order valence-electron chi connectivity index (χ4n) is 5.55. The largest absolute Gasteiger partial charge is 0.391 e. The van der Waals surface area contributed by atoms with Gasteiger partial charge in [-0.3, -0.25) is 9.89 Å². The molecule has 4 aromatic rings. The highest BCUT2D eigenvalue weighted by molar-refractivity contribution is 7.18. The van der Waals surface area contributed by atoms with Crippen LogP contribution in [-0.2, 0) is 0 Å². The number of anilines is 1. The lowest BCUT2D eigenvalue weighted by Crippen LogP contribution is -2.54. The van der Waals surface area contributed by atoms with E-state index in [0.29, 0.717) is 37.3 Å². The molecule has 2 aliphatic heterocycles. The van der Waals surface area contributed by atoms with Crippen molar-refractivity contribution in [3.63, 3.8) is 0 Å². The number of fused-ring (bicyclic) bond motifs is 1. The topological polar surface area (TPSA) is 97.4 Å². The molecular formula is C28H32N6O2S. The second-order valence-electron chi connectivity index (χ2n) is 10.4. The molecule has 0 aliphatic carbocycles. The van der Waals surface area contributed by atoms with Gasteiger partial charge in [-0.05, 0) is 50.5 Å². The average molecular weight is 517 g/mol. The monoisotopic (exact) mass is 516 g/mol. The zero-order valence-electron chi connectivity index (χ0n) is 21.4. The van der Waals surface area contributed by atoms with E-state index in [9.17, 15) is 9.90 Å². The Labute approximate surface area is 220 Å². The number of hydrogen-bond donors (Lipinski definition) is 3. The van der Waals surface area contributed by atoms with E-state index in [4.69, 9.17) is 4.98 Å². The first-order valence-electron chi connectivity index (χ1n) is 12.9. The number of nitrogens with zero attached hydrogens (tertiary/aromatic N) is 4. The minimum atomic E-state index is -0.479. The number of rotatable bonds is 4. The summed E-state index contributed by atoms with van der Waals surface area (Å²) in [7, 11) is 0. The maximum Gasteiger partial charge on any atom is 0.274 e. The first-order chi connectivity index (χ1) is 17.9. The maximum atomic E-state index is 13.6. The molecule has 0 radical (unpaired) electrons. The van der Waals surface area contributed by atoms with Crippen molar-refractivity contribution >= 4 is 33.8 Å². The summed E-state index contributed by atoms with van der Waals surface area (Å²) in [6, 6.07) is 15.4. The van der Waals surface area contributed by atoms with Gasteiger partial charge in [0.25, 0.3) is 5.91 Å². The molecular weight excluding hydrogens is 484 g/mol. The predicted octanol–water partition coefficient (Wildman–Crippen LogP) is 4.06. The molecule has 4 heterocycles. The molecule has 0 saturated carbocycles. The number of nitrogens with one attached hydrogen (secondary N) is 2. The van der Waals surface area contributed by atoms with Crippen molar-refractivity contribution in [2.24, 2.45) is 0 Å². The van der Waals surface area contributed by atoms with Gasteiger partial charge in [0.05, 0.1) is 16.5 Å². The summed E-state index contributed by atoms with van der Waals surface area (Å²) in [6.07, 6.45) is 0.117. The van der Waals surface area contributed by atoms with Crippen LogP contribution in [0.25, 0.3) is 32.0 Å². The Morgan fingerprint density at radius 3 is 2.54 bits per heavy atom. The van der Waals surface area contributed by atoms with Crippen LogP contribution in [-0.4, -0.2) is 75.5 Å². The number of carbonyl (C=O) groups is 1. The van der Waals surface area contributed by atoms with Gasteiger partial charge in [-0.25, -0.2) is 4.98 Å². The van der Waals surface area contributed by atoms with Crippen LogP contribution in [0.5, 0.6) is 0 Å². The number of carbonyl (C=O) groups excluding carboxylic acids is 1. The van der Waals surface area contributed by atoms with Gasteiger partial charge >= 0.3 is 0 Å². The van der Waals surface area contributed by atoms with Crippen molar-refractivity contribution in [2.45, 2.75) is 45.4 Å². The number of H-pyrrole nitrogens is 1. The van der Waals surface area contributed by atoms with Gasteiger partial charge in [0, 0.05) is 49.3 Å². The Morgan fingerprint density at radius 2 is 1.84 bits per heavy atom. The molecule has 2 saturated heterocycles. The smallest absolute Gasteiger partial charge is 0.274 e. The minimum Gasteiger partial charge on any atom is -0.391 e. The highest BCUT2D eigenvalue weighted by atomic mass is 32.1. The molecule has 2 aliphatic rings. The summed E-state index contributed by atoms with van der Waals surface area (Å²) in [5, 5.41) is 23.0. The summed E-state index contributed by atoms with van der Waals surface area (Å²) in [4.78, 5) is 23.4. The number of hydrogen-bond acceptors (Lipinski definition) is 7. The number of amides is 1. The van der Waals surface area contributed by atoms with Crippen LogP contribution in [0.4, 0.5) is 5.69 Å². The fraction of sp³-hybridized carbons (Fsp3) is 0.393. The van der Waals surface area contributed by atoms with Crippen LogP contribution in [0.2, 0.25) is 0 Å². The lowest BCUT2D eigenvalue weighted by atomic mass is 10.1. The molecule has 6 rings (SSSR count). The molecule has 9 heteroatoms. The summed E-state index contributed by atoms with van der Waals surface area (Å²) in [5.74, 6) is -0.136. The normalized spacial score (nSPS) is 22.2. The fourth-order valence-corrected chi connectivity index (χ4v) is 6.62. The highest BCUT2D eigenvalue weighted by Crippen LogP contribution is 2.39. The van der Waals surface area contributed by atoms with Crippen LogP contribution >= 0.6 is 11.3 Å². The van der Waals surface area contributed by atoms with E-state index < -0.39 is 6.10 Å². The summed E-state index contributed by atoms with van der Waals surface area (Å²) in [5.41, 5.74) is 5.40. The van der Waals surface area contributed by atoms with Crippen molar-refractivity contribution in [3.05, 3.63) is 53.7 Å².